The van der Waals surface area contributed by atoms with E-state index < -0.39 is 6.04 Å². The van der Waals surface area contributed by atoms with E-state index in [1.165, 1.54) is 6.92 Å². The van der Waals surface area contributed by atoms with Crippen molar-refractivity contribution in [3.05, 3.63) is 64.1 Å². The van der Waals surface area contributed by atoms with Gasteiger partial charge >= 0.3 is 0 Å². The number of halogens is 1. The van der Waals surface area contributed by atoms with Gasteiger partial charge in [0, 0.05) is 15.7 Å². The maximum Gasteiger partial charge on any atom is 0.253 e. The van der Waals surface area contributed by atoms with Crippen LogP contribution in [0.1, 0.15) is 41.5 Å². The Morgan fingerprint density at radius 1 is 1.00 bits per heavy atom. The molecule has 0 aliphatic heterocycles. The Morgan fingerprint density at radius 3 is 2.31 bits per heavy atom. The summed E-state index contributed by atoms with van der Waals surface area (Å²) in [5, 5.41) is 5.56. The summed E-state index contributed by atoms with van der Waals surface area (Å²) in [6.07, 6.45) is 0. The molecule has 0 saturated heterocycles. The van der Waals surface area contributed by atoms with Crippen molar-refractivity contribution in [1.82, 2.24) is 5.32 Å². The van der Waals surface area contributed by atoms with Crippen LogP contribution in [0.15, 0.2) is 53.0 Å². The summed E-state index contributed by atoms with van der Waals surface area (Å²) in [6, 6.07) is 13.0. The lowest BCUT2D eigenvalue weighted by Gasteiger charge is -2.22. The minimum Gasteiger partial charge on any atom is -0.340 e. The molecular weight excluding hydrogens is 396 g/mol. The second-order valence-electron chi connectivity index (χ2n) is 6.30. The average molecular weight is 417 g/mol. The molecule has 5 nitrogen and oxygen atoms in total. The number of nitrogens with one attached hydrogen (secondary N) is 2. The summed E-state index contributed by atoms with van der Waals surface area (Å²) < 4.78 is 0.662. The van der Waals surface area contributed by atoms with Crippen molar-refractivity contribution in [2.75, 3.05) is 5.32 Å². The molecule has 2 aromatic rings. The zero-order valence-electron chi connectivity index (χ0n) is 14.9. The number of benzene rings is 2. The van der Waals surface area contributed by atoms with Gasteiger partial charge in [-0.05, 0) is 53.0 Å². The Bertz CT molecular complexity index is 833. The highest BCUT2D eigenvalue weighted by molar-refractivity contribution is 9.10. The summed E-state index contributed by atoms with van der Waals surface area (Å²) >= 11 is 3.34. The topological polar surface area (TPSA) is 75.3 Å². The Morgan fingerprint density at radius 2 is 1.69 bits per heavy atom. The van der Waals surface area contributed by atoms with Crippen LogP contribution < -0.4 is 10.6 Å². The first-order valence-corrected chi connectivity index (χ1v) is 9.06. The number of carbonyl (C=O) groups excluding carboxylic acids is 3. The van der Waals surface area contributed by atoms with Crippen molar-refractivity contribution < 1.29 is 14.4 Å². The van der Waals surface area contributed by atoms with Gasteiger partial charge in [0.2, 0.25) is 5.91 Å². The molecule has 0 heterocycles. The molecule has 0 spiro atoms. The van der Waals surface area contributed by atoms with Crippen LogP contribution in [0.2, 0.25) is 0 Å². The molecule has 136 valence electrons. The van der Waals surface area contributed by atoms with Gasteiger partial charge in [0.1, 0.15) is 6.04 Å². The third kappa shape index (κ3) is 5.02. The first kappa shape index (κ1) is 19.8. The molecule has 1 unspecified atom stereocenters. The van der Waals surface area contributed by atoms with E-state index in [0.717, 1.165) is 0 Å². The Hall–Kier alpha value is -2.47. The highest BCUT2D eigenvalue weighted by Crippen LogP contribution is 2.17. The van der Waals surface area contributed by atoms with E-state index in [1.54, 1.807) is 42.5 Å². The fraction of sp³-hybridized carbons (Fsp3) is 0.250. The highest BCUT2D eigenvalue weighted by atomic mass is 79.9. The summed E-state index contributed by atoms with van der Waals surface area (Å²) in [7, 11) is 0. The zero-order valence-corrected chi connectivity index (χ0v) is 16.5. The first-order valence-electron chi connectivity index (χ1n) is 8.27. The standard InChI is InChI=1S/C20H21BrN2O3/c1-12(2)18(23-19(25)16-9-4-5-10-17(16)21)20(26)22-15-8-6-7-14(11-15)13(3)24/h4-12,18H,1-3H3,(H,22,26)(H,23,25). The molecule has 0 radical (unpaired) electrons. The molecular formula is C20H21BrN2O3. The van der Waals surface area contributed by atoms with E-state index in [9.17, 15) is 14.4 Å². The maximum absolute atomic E-state index is 12.7. The van der Waals surface area contributed by atoms with Gasteiger partial charge in [-0.25, -0.2) is 0 Å². The smallest absolute Gasteiger partial charge is 0.253 e. The number of ketones is 1. The molecule has 26 heavy (non-hydrogen) atoms. The summed E-state index contributed by atoms with van der Waals surface area (Å²) in [5.41, 5.74) is 1.49. The molecule has 0 aromatic heterocycles. The largest absolute Gasteiger partial charge is 0.340 e. The second-order valence-corrected chi connectivity index (χ2v) is 7.16. The van der Waals surface area contributed by atoms with Crippen molar-refractivity contribution >= 4 is 39.2 Å². The van der Waals surface area contributed by atoms with Crippen LogP contribution >= 0.6 is 15.9 Å². The molecule has 0 fully saturated rings. The van der Waals surface area contributed by atoms with Gasteiger partial charge in [-0.3, -0.25) is 14.4 Å². The fourth-order valence-corrected chi connectivity index (χ4v) is 2.90. The van der Waals surface area contributed by atoms with Crippen LogP contribution in [0.3, 0.4) is 0 Å². The van der Waals surface area contributed by atoms with Crippen molar-refractivity contribution in [3.8, 4) is 0 Å². The third-order valence-corrected chi connectivity index (χ3v) is 4.58. The van der Waals surface area contributed by atoms with Gasteiger partial charge < -0.3 is 10.6 Å². The van der Waals surface area contributed by atoms with Crippen LogP contribution in [0.4, 0.5) is 5.69 Å². The van der Waals surface area contributed by atoms with Gasteiger partial charge in [0.25, 0.3) is 5.91 Å². The van der Waals surface area contributed by atoms with Crippen molar-refractivity contribution in [2.45, 2.75) is 26.8 Å². The zero-order chi connectivity index (χ0) is 19.3. The number of rotatable bonds is 6. The normalized spacial score (nSPS) is 11.7. The van der Waals surface area contributed by atoms with Crippen molar-refractivity contribution in [3.63, 3.8) is 0 Å². The maximum atomic E-state index is 12.7. The van der Waals surface area contributed by atoms with Gasteiger partial charge in [0.15, 0.2) is 5.78 Å². The first-order chi connectivity index (χ1) is 12.3. The van der Waals surface area contributed by atoms with E-state index in [1.807, 2.05) is 19.9 Å². The molecule has 2 rings (SSSR count). The van der Waals surface area contributed by atoms with Crippen LogP contribution in [-0.2, 0) is 4.79 Å². The minimum absolute atomic E-state index is 0.0799. The molecule has 2 N–H and O–H groups in total. The van der Waals surface area contributed by atoms with Gasteiger partial charge in [-0.15, -0.1) is 0 Å². The lowest BCUT2D eigenvalue weighted by molar-refractivity contribution is -0.118. The number of Topliss-reactive ketones (excluding diaryl/α,β-unsaturated/α-hetero) is 1. The second kappa shape index (κ2) is 8.76. The lowest BCUT2D eigenvalue weighted by Crippen LogP contribution is -2.47. The monoisotopic (exact) mass is 416 g/mol. The molecule has 0 aliphatic rings. The Labute approximate surface area is 161 Å². The van der Waals surface area contributed by atoms with E-state index >= 15 is 0 Å². The predicted molar refractivity (Wildman–Crippen MR) is 105 cm³/mol. The van der Waals surface area contributed by atoms with Crippen LogP contribution in [0.5, 0.6) is 0 Å². The molecule has 6 heteroatoms. The molecule has 1 atom stereocenters. The van der Waals surface area contributed by atoms with E-state index in [2.05, 4.69) is 26.6 Å². The third-order valence-electron chi connectivity index (χ3n) is 3.89. The van der Waals surface area contributed by atoms with E-state index in [4.69, 9.17) is 0 Å². The van der Waals surface area contributed by atoms with Crippen molar-refractivity contribution in [2.24, 2.45) is 5.92 Å². The molecule has 2 aromatic carbocycles. The Balaban J connectivity index is 2.15. The van der Waals surface area contributed by atoms with Crippen LogP contribution in [0, 0.1) is 5.92 Å². The van der Waals surface area contributed by atoms with Crippen LogP contribution in [0.25, 0.3) is 0 Å². The number of hydrogen-bond acceptors (Lipinski definition) is 3. The van der Waals surface area contributed by atoms with Crippen LogP contribution in [-0.4, -0.2) is 23.6 Å². The predicted octanol–water partition coefficient (Wildman–Crippen LogP) is 4.04. The minimum atomic E-state index is -0.712. The molecule has 0 saturated carbocycles. The summed E-state index contributed by atoms with van der Waals surface area (Å²) in [4.78, 5) is 36.7. The van der Waals surface area contributed by atoms with E-state index in [0.29, 0.717) is 21.3 Å². The molecule has 0 bridgehead atoms. The van der Waals surface area contributed by atoms with E-state index in [-0.39, 0.29) is 23.5 Å². The molecule has 0 aliphatic carbocycles. The van der Waals surface area contributed by atoms with Gasteiger partial charge in [0.05, 0.1) is 5.56 Å². The quantitative estimate of drug-likeness (QED) is 0.697. The highest BCUT2D eigenvalue weighted by Gasteiger charge is 2.25. The van der Waals surface area contributed by atoms with Gasteiger partial charge in [-0.1, -0.05) is 38.1 Å². The van der Waals surface area contributed by atoms with Gasteiger partial charge in [-0.2, -0.15) is 0 Å². The number of amides is 2. The SMILES string of the molecule is CC(=O)c1cccc(NC(=O)C(NC(=O)c2ccccc2Br)C(C)C)c1. The number of anilines is 1. The average Bonchev–Trinajstić information content (AvgIpc) is 2.59. The summed E-state index contributed by atoms with van der Waals surface area (Å²) in [5.74, 6) is -0.855. The summed E-state index contributed by atoms with van der Waals surface area (Å²) in [6.45, 7) is 5.18. The molecule has 2 amide bonds. The lowest BCUT2D eigenvalue weighted by atomic mass is 10.0. The Kier molecular flexibility index (Phi) is 6.69. The number of carbonyl (C=O) groups is 3. The fourth-order valence-electron chi connectivity index (χ4n) is 2.44. The van der Waals surface area contributed by atoms with Crippen molar-refractivity contribution in [1.29, 1.82) is 0 Å². The number of hydrogen-bond donors (Lipinski definition) is 2.